The van der Waals surface area contributed by atoms with Crippen LogP contribution in [0.25, 0.3) is 5.76 Å². The summed E-state index contributed by atoms with van der Waals surface area (Å²) in [6.45, 7) is 3.49. The maximum atomic E-state index is 11.1. The number of hydrogen-bond donors (Lipinski definition) is 0. The smallest absolute Gasteiger partial charge is 1.00 e. The number of hydrogen-bond acceptors (Lipinski definition) is 2. The zero-order valence-corrected chi connectivity index (χ0v) is 15.7. The summed E-state index contributed by atoms with van der Waals surface area (Å²) in [5.41, 5.74) is 0.872. The molecule has 0 unspecified atom stereocenters. The van der Waals surface area contributed by atoms with Crippen molar-refractivity contribution in [1.29, 1.82) is 0 Å². The van der Waals surface area contributed by atoms with Gasteiger partial charge in [0, 0.05) is 12.0 Å². The first-order valence-electron chi connectivity index (χ1n) is 4.58. The Morgan fingerprint density at radius 3 is 2.31 bits per heavy atom. The van der Waals surface area contributed by atoms with Crippen molar-refractivity contribution >= 4 is 11.7 Å². The number of allylic oxidation sites excluding steroid dienone is 1. The molecule has 0 aliphatic heterocycles. The Hall–Kier alpha value is -0.345. The zero-order valence-electron chi connectivity index (χ0n) is 9.50. The molecule has 1 aromatic carbocycles. The van der Waals surface area contributed by atoms with Crippen LogP contribution in [0.1, 0.15) is 25.8 Å². The van der Waals surface area contributed by atoms with E-state index in [0.717, 1.165) is 5.56 Å². The van der Waals surface area contributed by atoms with Gasteiger partial charge in [0.05, 0.1) is 0 Å². The molecule has 0 saturated heterocycles. The number of halogens is 1. The average Bonchev–Trinajstić information content (AvgIpc) is 2.26. The molecule has 0 saturated carbocycles. The van der Waals surface area contributed by atoms with Crippen LogP contribution in [0.15, 0.2) is 30.3 Å². The summed E-state index contributed by atoms with van der Waals surface area (Å²) in [5, 5.41) is 0. The van der Waals surface area contributed by atoms with E-state index in [-0.39, 0.29) is 46.0 Å². The van der Waals surface area contributed by atoms with Crippen molar-refractivity contribution in [1.82, 2.24) is 0 Å². The van der Waals surface area contributed by atoms with Crippen LogP contribution >= 0.6 is 0 Å². The van der Waals surface area contributed by atoms with Crippen molar-refractivity contribution < 1.29 is 49.6 Å². The fourth-order valence-corrected chi connectivity index (χ4v) is 1.03. The first-order chi connectivity index (χ1) is 6.77. The molecule has 0 bridgehead atoms. The molecule has 4 heteroatoms. The van der Waals surface area contributed by atoms with Crippen molar-refractivity contribution in [2.24, 2.45) is 0 Å². The molecule has 2 radical (unpaired) electrons. The summed E-state index contributed by atoms with van der Waals surface area (Å²) in [6, 6.07) is 9.47. The molecule has 0 aliphatic rings. The molecule has 1 rings (SSSR count). The number of benzene rings is 1. The third-order valence-electron chi connectivity index (χ3n) is 1.77. The summed E-state index contributed by atoms with van der Waals surface area (Å²) in [4.78, 5) is 11.1. The molecule has 0 fully saturated rings. The van der Waals surface area contributed by atoms with E-state index in [2.05, 4.69) is 6.08 Å². The zero-order chi connectivity index (χ0) is 10.4. The molecule has 82 valence electrons. The standard InChI is InChI=1S/C12H13O2.ClH.Hg/c1-3-11(14-12(13)4-2)10-8-6-5-7-9-10;;/h5-9H,4H2,1-2H3;1H;/q;;+1/p-1. The Balaban J connectivity index is 0. The van der Waals surface area contributed by atoms with Crippen molar-refractivity contribution in [2.75, 3.05) is 0 Å². The van der Waals surface area contributed by atoms with Crippen molar-refractivity contribution in [3.63, 3.8) is 0 Å². The van der Waals surface area contributed by atoms with Crippen LogP contribution < -0.4 is 12.4 Å². The van der Waals surface area contributed by atoms with Gasteiger partial charge < -0.3 is 17.1 Å². The van der Waals surface area contributed by atoms with E-state index in [9.17, 15) is 4.79 Å². The molecular formula is C12H13ClHgO2. The Bertz CT molecular complexity index is 336. The second kappa shape index (κ2) is 9.85. The van der Waals surface area contributed by atoms with E-state index in [0.29, 0.717) is 12.2 Å². The van der Waals surface area contributed by atoms with Crippen molar-refractivity contribution in [3.8, 4) is 0 Å². The quantitative estimate of drug-likeness (QED) is 0.381. The van der Waals surface area contributed by atoms with Gasteiger partial charge in [0.2, 0.25) is 0 Å². The molecule has 0 atom stereocenters. The molecule has 0 spiro atoms. The van der Waals surface area contributed by atoms with E-state index >= 15 is 0 Å². The van der Waals surface area contributed by atoms with Crippen LogP contribution in [0, 0.1) is 6.08 Å². The fraction of sp³-hybridized carbons (Fsp3) is 0.250. The Labute approximate surface area is 123 Å². The summed E-state index contributed by atoms with van der Waals surface area (Å²) in [5.74, 6) is 0.260. The third kappa shape index (κ3) is 5.66. The van der Waals surface area contributed by atoms with E-state index in [1.807, 2.05) is 30.3 Å². The number of ether oxygens (including phenoxy) is 1. The van der Waals surface area contributed by atoms with Gasteiger partial charge in [0.15, 0.2) is 0 Å². The second-order valence-corrected chi connectivity index (χ2v) is 2.77. The molecule has 1 aromatic rings. The summed E-state index contributed by atoms with van der Waals surface area (Å²) >= 11 is 0. The molecule has 0 N–H and O–H groups in total. The van der Waals surface area contributed by atoms with Gasteiger partial charge in [0.25, 0.3) is 0 Å². The normalized spacial score (nSPS) is 9.75. The van der Waals surface area contributed by atoms with Crippen LogP contribution in [-0.2, 0) is 37.2 Å². The largest absolute Gasteiger partial charge is 1.00 e. The molecule has 2 nitrogen and oxygen atoms in total. The minimum atomic E-state index is -0.238. The van der Waals surface area contributed by atoms with Gasteiger partial charge in [-0.2, -0.15) is 0 Å². The second-order valence-electron chi connectivity index (χ2n) is 2.77. The van der Waals surface area contributed by atoms with Crippen LogP contribution in [0.4, 0.5) is 0 Å². The minimum absolute atomic E-state index is 0. The SMILES string of the molecule is C[C]=C(OC(=O)CC)c1ccccc1.[Cl-].[Hg+]. The maximum Gasteiger partial charge on any atom is 1.00 e. The Kier molecular flexibility index (Phi) is 11.1. The first-order valence-corrected chi connectivity index (χ1v) is 4.58. The van der Waals surface area contributed by atoms with Crippen LogP contribution in [0.5, 0.6) is 0 Å². The van der Waals surface area contributed by atoms with Crippen LogP contribution in [-0.4, -0.2) is 5.97 Å². The molecular weight excluding hydrogens is 412 g/mol. The van der Waals surface area contributed by atoms with E-state index in [4.69, 9.17) is 4.74 Å². The summed E-state index contributed by atoms with van der Waals surface area (Å²) < 4.78 is 5.10. The number of carbonyl (C=O) groups excluding carboxylic acids is 1. The monoisotopic (exact) mass is 426 g/mol. The number of esters is 1. The van der Waals surface area contributed by atoms with Crippen molar-refractivity contribution in [2.45, 2.75) is 20.3 Å². The number of rotatable bonds is 3. The Morgan fingerprint density at radius 1 is 1.31 bits per heavy atom. The van der Waals surface area contributed by atoms with E-state index < -0.39 is 0 Å². The first kappa shape index (κ1) is 18.0. The van der Waals surface area contributed by atoms with Crippen LogP contribution in [0.3, 0.4) is 0 Å². The van der Waals surface area contributed by atoms with Gasteiger partial charge in [-0.1, -0.05) is 37.3 Å². The Morgan fingerprint density at radius 2 is 1.88 bits per heavy atom. The van der Waals surface area contributed by atoms with E-state index in [1.165, 1.54) is 0 Å². The van der Waals surface area contributed by atoms with Gasteiger partial charge >= 0.3 is 33.6 Å². The van der Waals surface area contributed by atoms with Crippen molar-refractivity contribution in [3.05, 3.63) is 42.0 Å². The predicted octanol–water partition coefficient (Wildman–Crippen LogP) is -0.195. The number of carbonyl (C=O) groups is 1. The maximum absolute atomic E-state index is 11.1. The summed E-state index contributed by atoms with van der Waals surface area (Å²) in [7, 11) is 0. The molecule has 0 aromatic heterocycles. The van der Waals surface area contributed by atoms with Gasteiger partial charge in [-0.3, -0.25) is 4.79 Å². The third-order valence-corrected chi connectivity index (χ3v) is 1.77. The fourth-order valence-electron chi connectivity index (χ4n) is 1.03. The van der Waals surface area contributed by atoms with E-state index in [1.54, 1.807) is 13.8 Å². The topological polar surface area (TPSA) is 26.3 Å². The molecule has 16 heavy (non-hydrogen) atoms. The van der Waals surface area contributed by atoms with Gasteiger partial charge in [-0.05, 0) is 13.0 Å². The minimum Gasteiger partial charge on any atom is -1.00 e. The summed E-state index contributed by atoms with van der Waals surface area (Å²) in [6.07, 6.45) is 3.23. The molecule has 0 heterocycles. The molecule has 0 aliphatic carbocycles. The molecule has 0 amide bonds. The van der Waals surface area contributed by atoms with Crippen LogP contribution in [0.2, 0.25) is 0 Å². The average molecular weight is 425 g/mol. The van der Waals surface area contributed by atoms with Gasteiger partial charge in [0.1, 0.15) is 5.76 Å². The van der Waals surface area contributed by atoms with Gasteiger partial charge in [-0.15, -0.1) is 0 Å². The predicted molar refractivity (Wildman–Crippen MR) is 55.1 cm³/mol. The van der Waals surface area contributed by atoms with Gasteiger partial charge in [-0.25, -0.2) is 0 Å².